The average molecular weight is 530 g/mol. The number of hydroxylamine groups is 1. The highest BCUT2D eigenvalue weighted by Crippen LogP contribution is 2.38. The van der Waals surface area contributed by atoms with E-state index in [1.807, 2.05) is 24.3 Å². The Hall–Kier alpha value is -3.15. The predicted octanol–water partition coefficient (Wildman–Crippen LogP) is 3.20. The summed E-state index contributed by atoms with van der Waals surface area (Å²) in [6.45, 7) is 2.62. The summed E-state index contributed by atoms with van der Waals surface area (Å²) >= 11 is 0. The van der Waals surface area contributed by atoms with Crippen molar-refractivity contribution >= 4 is 26.8 Å². The lowest BCUT2D eigenvalue weighted by atomic mass is 9.94. The maximum Gasteiger partial charge on any atom is 0.394 e. The summed E-state index contributed by atoms with van der Waals surface area (Å²) in [5.74, 6) is 0.301. The lowest BCUT2D eigenvalue weighted by Gasteiger charge is -2.39. The van der Waals surface area contributed by atoms with Gasteiger partial charge in [0.15, 0.2) is 20.2 Å². The van der Waals surface area contributed by atoms with Crippen molar-refractivity contribution in [1.82, 2.24) is 15.4 Å². The number of carbonyl (C=O) groups is 1. The van der Waals surface area contributed by atoms with Gasteiger partial charge in [-0.2, -0.15) is 4.98 Å². The van der Waals surface area contributed by atoms with Crippen molar-refractivity contribution < 1.29 is 32.3 Å². The number of nitrogens with zero attached hydrogens (tertiary/aromatic N) is 2. The summed E-state index contributed by atoms with van der Waals surface area (Å²) in [6, 6.07) is 13.4. The van der Waals surface area contributed by atoms with Crippen LogP contribution in [0, 0.1) is 5.92 Å². The van der Waals surface area contributed by atoms with Gasteiger partial charge in [-0.1, -0.05) is 12.1 Å². The number of hydrogen-bond donors (Lipinski definition) is 2. The van der Waals surface area contributed by atoms with Crippen LogP contribution in [0.3, 0.4) is 0 Å². The summed E-state index contributed by atoms with van der Waals surface area (Å²) < 4.78 is 42.3. The van der Waals surface area contributed by atoms with E-state index in [9.17, 15) is 18.4 Å². The van der Waals surface area contributed by atoms with E-state index in [0.29, 0.717) is 50.0 Å². The molecule has 0 radical (unpaired) electrons. The number of piperidine rings is 1. The van der Waals surface area contributed by atoms with Gasteiger partial charge in [0.25, 0.3) is 5.91 Å². The van der Waals surface area contributed by atoms with E-state index in [4.69, 9.17) is 13.9 Å². The van der Waals surface area contributed by atoms with Crippen molar-refractivity contribution in [2.45, 2.75) is 41.7 Å². The van der Waals surface area contributed by atoms with Gasteiger partial charge in [0.1, 0.15) is 11.3 Å². The molecule has 5 rings (SSSR count). The molecule has 2 heterocycles. The van der Waals surface area contributed by atoms with Gasteiger partial charge >= 0.3 is 6.08 Å². The van der Waals surface area contributed by atoms with Crippen molar-refractivity contribution in [1.29, 1.82) is 0 Å². The second-order valence-corrected chi connectivity index (χ2v) is 11.9. The van der Waals surface area contributed by atoms with Crippen LogP contribution >= 0.6 is 0 Å². The van der Waals surface area contributed by atoms with Crippen LogP contribution in [0.2, 0.25) is 0 Å². The molecule has 11 heteroatoms. The topological polar surface area (TPSA) is 131 Å². The number of aromatic nitrogens is 1. The smallest absolute Gasteiger partial charge is 0.394 e. The van der Waals surface area contributed by atoms with Gasteiger partial charge in [0, 0.05) is 26.1 Å². The minimum Gasteiger partial charge on any atom is -0.493 e. The third kappa shape index (κ3) is 5.43. The third-order valence-electron chi connectivity index (χ3n) is 7.10. The number of oxazole rings is 1. The zero-order chi connectivity index (χ0) is 25.9. The molecule has 0 bridgehead atoms. The van der Waals surface area contributed by atoms with Gasteiger partial charge in [0.2, 0.25) is 0 Å². The van der Waals surface area contributed by atoms with E-state index in [-0.39, 0.29) is 23.8 Å². The number of fused-ring (bicyclic) bond motifs is 1. The average Bonchev–Trinajstić information content (AvgIpc) is 3.64. The molecule has 37 heavy (non-hydrogen) atoms. The molecule has 2 N–H and O–H groups in total. The van der Waals surface area contributed by atoms with Gasteiger partial charge in [-0.25, -0.2) is 13.9 Å². The minimum absolute atomic E-state index is 0.0263. The number of ether oxygens (including phenoxy) is 2. The molecule has 2 fully saturated rings. The Bertz CT molecular complexity index is 1290. The number of likely N-dealkylation sites (tertiary alicyclic amines) is 1. The Morgan fingerprint density at radius 3 is 2.46 bits per heavy atom. The summed E-state index contributed by atoms with van der Waals surface area (Å²) in [6.07, 6.45) is 3.44. The molecule has 1 saturated heterocycles. The Balaban J connectivity index is 1.16. The first-order valence-electron chi connectivity index (χ1n) is 12.5. The normalized spacial score (nSPS) is 18.0. The van der Waals surface area contributed by atoms with Gasteiger partial charge in [-0.3, -0.25) is 10.0 Å². The van der Waals surface area contributed by atoms with Crippen molar-refractivity contribution in [2.24, 2.45) is 5.92 Å². The molecule has 1 aliphatic carbocycles. The van der Waals surface area contributed by atoms with Crippen molar-refractivity contribution in [3.8, 4) is 11.8 Å². The van der Waals surface area contributed by atoms with Crippen LogP contribution in [0.5, 0.6) is 11.8 Å². The Morgan fingerprint density at radius 2 is 1.78 bits per heavy atom. The Labute approximate surface area is 215 Å². The van der Waals surface area contributed by atoms with E-state index in [2.05, 4.69) is 9.88 Å². The SMILES string of the molecule is O=C(NO)C1(S(=O)(=O)c2ccc(OCCCOc3nc4ccccc4o3)cc2)CCN(CC2CC2)CC1. The number of nitrogens with one attached hydrogen (secondary N) is 1. The van der Waals surface area contributed by atoms with Crippen LogP contribution < -0.4 is 15.0 Å². The molecule has 1 aromatic heterocycles. The molecular weight excluding hydrogens is 498 g/mol. The summed E-state index contributed by atoms with van der Waals surface area (Å²) in [4.78, 5) is 19.2. The lowest BCUT2D eigenvalue weighted by Crippen LogP contribution is -2.57. The van der Waals surface area contributed by atoms with Crippen LogP contribution in [0.1, 0.15) is 32.1 Å². The molecule has 0 unspecified atom stereocenters. The Kier molecular flexibility index (Phi) is 7.36. The molecule has 1 aliphatic heterocycles. The molecule has 198 valence electrons. The fourth-order valence-electron chi connectivity index (χ4n) is 4.74. The molecule has 2 aromatic carbocycles. The van der Waals surface area contributed by atoms with Crippen LogP contribution in [-0.4, -0.2) is 67.0 Å². The summed E-state index contributed by atoms with van der Waals surface area (Å²) in [7, 11) is -4.05. The Morgan fingerprint density at radius 1 is 1.08 bits per heavy atom. The van der Waals surface area contributed by atoms with Gasteiger partial charge in [0.05, 0.1) is 18.1 Å². The number of benzene rings is 2. The summed E-state index contributed by atoms with van der Waals surface area (Å²) in [5, 5.41) is 9.36. The number of para-hydroxylation sites is 2. The van der Waals surface area contributed by atoms with Crippen molar-refractivity contribution in [3.63, 3.8) is 0 Å². The first-order valence-corrected chi connectivity index (χ1v) is 14.0. The second kappa shape index (κ2) is 10.7. The van der Waals surface area contributed by atoms with E-state index in [1.54, 1.807) is 17.6 Å². The number of rotatable bonds is 11. The molecular formula is C26H31N3O7S. The zero-order valence-electron chi connectivity index (χ0n) is 20.5. The largest absolute Gasteiger partial charge is 0.493 e. The minimum atomic E-state index is -4.05. The van der Waals surface area contributed by atoms with Crippen LogP contribution in [-0.2, 0) is 14.6 Å². The van der Waals surface area contributed by atoms with Crippen LogP contribution in [0.4, 0.5) is 0 Å². The number of amides is 1. The fraction of sp³-hybridized carbons (Fsp3) is 0.462. The molecule has 0 spiro atoms. The highest BCUT2D eigenvalue weighted by atomic mass is 32.2. The lowest BCUT2D eigenvalue weighted by molar-refractivity contribution is -0.133. The summed E-state index contributed by atoms with van der Waals surface area (Å²) in [5.41, 5.74) is 2.99. The maximum atomic E-state index is 13.6. The van der Waals surface area contributed by atoms with Crippen LogP contribution in [0.25, 0.3) is 11.1 Å². The van der Waals surface area contributed by atoms with Gasteiger partial charge in [-0.05, 0) is 68.0 Å². The number of carbonyl (C=O) groups excluding carboxylic acids is 1. The van der Waals surface area contributed by atoms with E-state index in [1.165, 1.54) is 25.0 Å². The van der Waals surface area contributed by atoms with Crippen molar-refractivity contribution in [3.05, 3.63) is 48.5 Å². The van der Waals surface area contributed by atoms with Crippen molar-refractivity contribution in [2.75, 3.05) is 32.8 Å². The first-order chi connectivity index (χ1) is 17.9. The zero-order valence-corrected chi connectivity index (χ0v) is 21.3. The highest BCUT2D eigenvalue weighted by molar-refractivity contribution is 7.93. The predicted molar refractivity (Wildman–Crippen MR) is 134 cm³/mol. The van der Waals surface area contributed by atoms with E-state index < -0.39 is 20.5 Å². The third-order valence-corrected chi connectivity index (χ3v) is 9.61. The molecule has 0 atom stereocenters. The van der Waals surface area contributed by atoms with Gasteiger partial charge in [-0.15, -0.1) is 0 Å². The molecule has 1 saturated carbocycles. The highest BCUT2D eigenvalue weighted by Gasteiger charge is 2.53. The van der Waals surface area contributed by atoms with Gasteiger partial charge < -0.3 is 18.8 Å². The molecule has 1 amide bonds. The second-order valence-electron chi connectivity index (χ2n) is 9.65. The number of sulfone groups is 1. The first kappa shape index (κ1) is 25.5. The molecule has 10 nitrogen and oxygen atoms in total. The molecule has 3 aromatic rings. The quantitative estimate of drug-likeness (QED) is 0.218. The standard InChI is InChI=1S/C26H31N3O7S/c30-24(28-31)26(12-14-29(15-13-26)18-19-6-7-19)37(32,33)21-10-8-20(9-11-21)34-16-3-17-35-25-27-22-4-1-2-5-23(22)36-25/h1-2,4-5,8-11,19,31H,3,6-7,12-18H2,(H,28,30). The van der Waals surface area contributed by atoms with E-state index in [0.717, 1.165) is 12.1 Å². The number of hydrogen-bond acceptors (Lipinski definition) is 9. The van der Waals surface area contributed by atoms with Crippen LogP contribution in [0.15, 0.2) is 57.8 Å². The van der Waals surface area contributed by atoms with E-state index >= 15 is 0 Å². The molecule has 2 aliphatic rings. The fourth-order valence-corrected chi connectivity index (χ4v) is 6.70. The monoisotopic (exact) mass is 529 g/mol. The maximum absolute atomic E-state index is 13.6.